The summed E-state index contributed by atoms with van der Waals surface area (Å²) in [4.78, 5) is 15.2. The first-order valence-electron chi connectivity index (χ1n) is 6.76. The first kappa shape index (κ1) is 14.5. The van der Waals surface area contributed by atoms with Crippen molar-refractivity contribution in [1.82, 2.24) is 14.7 Å². The molecule has 1 aromatic rings. The topological polar surface area (TPSA) is 87.6 Å². The number of carbonyl (C=O) groups is 1. The highest BCUT2D eigenvalue weighted by molar-refractivity contribution is 5.67. The molecule has 1 saturated heterocycles. The highest BCUT2D eigenvalue weighted by atomic mass is 16.4. The van der Waals surface area contributed by atoms with Crippen LogP contribution in [0.25, 0.3) is 0 Å². The monoisotopic (exact) mass is 281 g/mol. The van der Waals surface area contributed by atoms with Crippen LogP contribution in [-0.4, -0.2) is 50.6 Å². The lowest BCUT2D eigenvalue weighted by Crippen LogP contribution is -2.52. The van der Waals surface area contributed by atoms with Crippen LogP contribution in [0.5, 0.6) is 0 Å². The van der Waals surface area contributed by atoms with Gasteiger partial charge in [0.15, 0.2) is 0 Å². The molecule has 1 atom stereocenters. The summed E-state index contributed by atoms with van der Waals surface area (Å²) in [6.07, 6.45) is 1.55. The maximum atomic E-state index is 11.5. The Morgan fingerprint density at radius 1 is 1.55 bits per heavy atom. The van der Waals surface area contributed by atoms with E-state index in [-0.39, 0.29) is 6.04 Å². The maximum Gasteiger partial charge on any atom is 0.408 e. The number of hydrogen-bond acceptors (Lipinski definition) is 4. The van der Waals surface area contributed by atoms with Crippen LogP contribution in [0.15, 0.2) is 6.20 Å². The van der Waals surface area contributed by atoms with Gasteiger partial charge in [-0.05, 0) is 27.2 Å². The van der Waals surface area contributed by atoms with Crippen LogP contribution in [0, 0.1) is 0 Å². The molecule has 0 radical (unpaired) electrons. The number of aryl methyl sites for hydroxylation is 1. The van der Waals surface area contributed by atoms with Crippen molar-refractivity contribution >= 4 is 17.6 Å². The number of nitrogens with zero attached hydrogens (tertiary/aromatic N) is 4. The largest absolute Gasteiger partial charge is 0.465 e. The molecule has 1 amide bonds. The molecule has 1 aromatic heterocycles. The molecule has 7 nitrogen and oxygen atoms in total. The van der Waals surface area contributed by atoms with Crippen molar-refractivity contribution < 1.29 is 9.90 Å². The van der Waals surface area contributed by atoms with E-state index in [1.165, 1.54) is 0 Å². The summed E-state index contributed by atoms with van der Waals surface area (Å²) in [5, 5.41) is 13.6. The van der Waals surface area contributed by atoms with Crippen molar-refractivity contribution in [2.24, 2.45) is 7.05 Å². The van der Waals surface area contributed by atoms with Crippen LogP contribution < -0.4 is 10.6 Å². The second kappa shape index (κ2) is 4.88. The van der Waals surface area contributed by atoms with E-state index in [9.17, 15) is 9.90 Å². The van der Waals surface area contributed by atoms with E-state index >= 15 is 0 Å². The average Bonchev–Trinajstić information content (AvgIpc) is 2.84. The van der Waals surface area contributed by atoms with E-state index in [1.54, 1.807) is 15.8 Å². The van der Waals surface area contributed by atoms with Crippen LogP contribution in [0.2, 0.25) is 0 Å². The van der Waals surface area contributed by atoms with Gasteiger partial charge in [-0.1, -0.05) is 0 Å². The van der Waals surface area contributed by atoms with E-state index < -0.39 is 11.6 Å². The SMILES string of the molecule is Cn1ncc(N)c1N1CCC(N(C(=O)O)C(C)(C)C)C1. The maximum absolute atomic E-state index is 11.5. The molecule has 20 heavy (non-hydrogen) atoms. The Morgan fingerprint density at radius 2 is 2.20 bits per heavy atom. The molecule has 0 aliphatic carbocycles. The van der Waals surface area contributed by atoms with Crippen molar-refractivity contribution in [3.63, 3.8) is 0 Å². The number of anilines is 2. The minimum atomic E-state index is -0.873. The van der Waals surface area contributed by atoms with Gasteiger partial charge >= 0.3 is 6.09 Å². The second-order valence-electron chi connectivity index (χ2n) is 6.26. The van der Waals surface area contributed by atoms with E-state index in [4.69, 9.17) is 5.73 Å². The first-order chi connectivity index (χ1) is 9.21. The Morgan fingerprint density at radius 3 is 2.65 bits per heavy atom. The zero-order valence-corrected chi connectivity index (χ0v) is 12.5. The third kappa shape index (κ3) is 2.52. The van der Waals surface area contributed by atoms with Gasteiger partial charge in [0.05, 0.1) is 17.9 Å². The van der Waals surface area contributed by atoms with E-state index in [0.717, 1.165) is 18.8 Å². The van der Waals surface area contributed by atoms with Gasteiger partial charge in [0.25, 0.3) is 0 Å². The summed E-state index contributed by atoms with van der Waals surface area (Å²) in [6.45, 7) is 7.19. The Kier molecular flexibility index (Phi) is 3.54. The van der Waals surface area contributed by atoms with Crippen molar-refractivity contribution in [2.75, 3.05) is 23.7 Å². The number of aromatic nitrogens is 2. The van der Waals surface area contributed by atoms with Crippen LogP contribution in [0.1, 0.15) is 27.2 Å². The van der Waals surface area contributed by atoms with Gasteiger partial charge in [-0.25, -0.2) is 4.79 Å². The zero-order valence-electron chi connectivity index (χ0n) is 12.5. The summed E-state index contributed by atoms with van der Waals surface area (Å²) in [6, 6.07) is -0.0261. The molecule has 0 saturated carbocycles. The molecular weight excluding hydrogens is 258 g/mol. The Bertz CT molecular complexity index is 486. The van der Waals surface area contributed by atoms with Crippen LogP contribution in [0.3, 0.4) is 0 Å². The van der Waals surface area contributed by atoms with Crippen LogP contribution in [-0.2, 0) is 7.05 Å². The normalized spacial score (nSPS) is 19.4. The quantitative estimate of drug-likeness (QED) is 0.854. The molecule has 112 valence electrons. The molecule has 3 N–H and O–H groups in total. The van der Waals surface area contributed by atoms with Crippen molar-refractivity contribution in [3.05, 3.63) is 6.20 Å². The van der Waals surface area contributed by atoms with Crippen LogP contribution in [0.4, 0.5) is 16.3 Å². The highest BCUT2D eigenvalue weighted by Gasteiger charge is 2.38. The summed E-state index contributed by atoms with van der Waals surface area (Å²) in [5.74, 6) is 0.867. The second-order valence-corrected chi connectivity index (χ2v) is 6.26. The van der Waals surface area contributed by atoms with Gasteiger partial charge in [-0.2, -0.15) is 5.10 Å². The van der Waals surface area contributed by atoms with Gasteiger partial charge in [-0.15, -0.1) is 0 Å². The predicted octanol–water partition coefficient (Wildman–Crippen LogP) is 1.36. The predicted molar refractivity (Wildman–Crippen MR) is 77.9 cm³/mol. The Hall–Kier alpha value is -1.92. The third-order valence-corrected chi connectivity index (χ3v) is 3.69. The lowest BCUT2D eigenvalue weighted by Gasteiger charge is -2.38. The molecule has 1 unspecified atom stereocenters. The standard InChI is InChI=1S/C13H23N5O2/c1-13(2,3)18(12(19)20)9-5-6-17(8-9)11-10(14)7-15-16(11)4/h7,9H,5-6,8,14H2,1-4H3,(H,19,20). The fourth-order valence-corrected chi connectivity index (χ4v) is 2.97. The lowest BCUT2D eigenvalue weighted by molar-refractivity contribution is 0.0763. The molecule has 1 aliphatic rings. The molecule has 2 heterocycles. The summed E-state index contributed by atoms with van der Waals surface area (Å²) in [5.41, 5.74) is 6.15. The fraction of sp³-hybridized carbons (Fsp3) is 0.692. The molecule has 7 heteroatoms. The average molecular weight is 281 g/mol. The number of nitrogen functional groups attached to an aromatic ring is 1. The molecule has 0 bridgehead atoms. The molecule has 0 spiro atoms. The Labute approximate surface area is 118 Å². The Balaban J connectivity index is 2.18. The number of amides is 1. The fourth-order valence-electron chi connectivity index (χ4n) is 2.97. The van der Waals surface area contributed by atoms with Gasteiger partial charge < -0.3 is 15.7 Å². The zero-order chi connectivity index (χ0) is 15.1. The van der Waals surface area contributed by atoms with E-state index in [0.29, 0.717) is 12.2 Å². The van der Waals surface area contributed by atoms with Gasteiger partial charge in [0.2, 0.25) is 0 Å². The van der Waals surface area contributed by atoms with E-state index in [1.807, 2.05) is 27.8 Å². The molecule has 2 rings (SSSR count). The molecule has 0 aromatic carbocycles. The summed E-state index contributed by atoms with van der Waals surface area (Å²) in [7, 11) is 1.84. The number of nitrogens with two attached hydrogens (primary N) is 1. The van der Waals surface area contributed by atoms with Crippen LogP contribution >= 0.6 is 0 Å². The minimum absolute atomic E-state index is 0.0261. The summed E-state index contributed by atoms with van der Waals surface area (Å²) < 4.78 is 1.74. The lowest BCUT2D eigenvalue weighted by atomic mass is 10.0. The minimum Gasteiger partial charge on any atom is -0.465 e. The number of carboxylic acid groups (broad SMARTS) is 1. The smallest absolute Gasteiger partial charge is 0.408 e. The first-order valence-corrected chi connectivity index (χ1v) is 6.76. The molecule has 1 aliphatic heterocycles. The van der Waals surface area contributed by atoms with Crippen molar-refractivity contribution in [3.8, 4) is 0 Å². The van der Waals surface area contributed by atoms with Gasteiger partial charge in [0, 0.05) is 25.7 Å². The van der Waals surface area contributed by atoms with E-state index in [2.05, 4.69) is 10.00 Å². The third-order valence-electron chi connectivity index (χ3n) is 3.69. The number of hydrogen-bond donors (Lipinski definition) is 2. The summed E-state index contributed by atoms with van der Waals surface area (Å²) >= 11 is 0. The molecule has 1 fully saturated rings. The highest BCUT2D eigenvalue weighted by Crippen LogP contribution is 2.30. The van der Waals surface area contributed by atoms with Gasteiger partial charge in [-0.3, -0.25) is 9.58 Å². The van der Waals surface area contributed by atoms with Crippen molar-refractivity contribution in [2.45, 2.75) is 38.8 Å². The number of rotatable bonds is 2. The van der Waals surface area contributed by atoms with Crippen molar-refractivity contribution in [1.29, 1.82) is 0 Å². The molecular formula is C13H23N5O2. The van der Waals surface area contributed by atoms with Gasteiger partial charge in [0.1, 0.15) is 5.82 Å².